The molecule has 0 radical (unpaired) electrons. The first-order valence-electron chi connectivity index (χ1n) is 7.05. The SMILES string of the molecule is COc1ccc(Cl)cc1N1C(=O)[C@H]2[C@@H](C1=O)[C@@]1(C)C=C[C@H]2O1. The highest BCUT2D eigenvalue weighted by atomic mass is 35.5. The van der Waals surface area contributed by atoms with Crippen LogP contribution < -0.4 is 9.64 Å². The van der Waals surface area contributed by atoms with Crippen LogP contribution in [-0.2, 0) is 14.3 Å². The van der Waals surface area contributed by atoms with Gasteiger partial charge in [0.25, 0.3) is 0 Å². The molecule has 0 aliphatic carbocycles. The second-order valence-electron chi connectivity index (χ2n) is 5.96. The molecule has 0 unspecified atom stereocenters. The van der Waals surface area contributed by atoms with E-state index in [-0.39, 0.29) is 17.9 Å². The molecule has 3 aliphatic heterocycles. The highest BCUT2D eigenvalue weighted by molar-refractivity contribution is 6.31. The Morgan fingerprint density at radius 3 is 2.77 bits per heavy atom. The first-order chi connectivity index (χ1) is 10.5. The highest BCUT2D eigenvalue weighted by Crippen LogP contribution is 2.53. The van der Waals surface area contributed by atoms with E-state index in [0.717, 1.165) is 0 Å². The number of hydrogen-bond donors (Lipinski definition) is 0. The van der Waals surface area contributed by atoms with Crippen molar-refractivity contribution >= 4 is 29.1 Å². The number of carbonyl (C=O) groups is 2. The molecule has 4 atom stereocenters. The van der Waals surface area contributed by atoms with Crippen molar-refractivity contribution < 1.29 is 19.1 Å². The van der Waals surface area contributed by atoms with Crippen LogP contribution in [0.2, 0.25) is 5.02 Å². The number of methoxy groups -OCH3 is 1. The van der Waals surface area contributed by atoms with E-state index < -0.39 is 17.4 Å². The number of imide groups is 1. The summed E-state index contributed by atoms with van der Waals surface area (Å²) in [6, 6.07) is 4.89. The predicted molar refractivity (Wildman–Crippen MR) is 79.9 cm³/mol. The maximum Gasteiger partial charge on any atom is 0.241 e. The van der Waals surface area contributed by atoms with E-state index in [0.29, 0.717) is 16.5 Å². The van der Waals surface area contributed by atoms with Crippen LogP contribution in [-0.4, -0.2) is 30.6 Å². The average Bonchev–Trinajstić information content (AvgIpc) is 3.08. The summed E-state index contributed by atoms with van der Waals surface area (Å²) in [5, 5.41) is 0.442. The van der Waals surface area contributed by atoms with Crippen molar-refractivity contribution in [3.63, 3.8) is 0 Å². The van der Waals surface area contributed by atoms with Gasteiger partial charge in [-0.3, -0.25) is 9.59 Å². The van der Waals surface area contributed by atoms with Crippen LogP contribution in [0.15, 0.2) is 30.4 Å². The lowest BCUT2D eigenvalue weighted by Gasteiger charge is -2.24. The number of rotatable bonds is 2. The molecule has 6 heteroatoms. The van der Waals surface area contributed by atoms with E-state index in [2.05, 4.69) is 0 Å². The van der Waals surface area contributed by atoms with Gasteiger partial charge < -0.3 is 9.47 Å². The molecule has 5 nitrogen and oxygen atoms in total. The van der Waals surface area contributed by atoms with Crippen LogP contribution in [0.25, 0.3) is 0 Å². The first-order valence-corrected chi connectivity index (χ1v) is 7.42. The number of nitrogens with zero attached hydrogens (tertiary/aromatic N) is 1. The second-order valence-corrected chi connectivity index (χ2v) is 6.39. The fraction of sp³-hybridized carbons (Fsp3) is 0.375. The van der Waals surface area contributed by atoms with Gasteiger partial charge in [0.2, 0.25) is 11.8 Å². The van der Waals surface area contributed by atoms with E-state index in [1.165, 1.54) is 12.0 Å². The Labute approximate surface area is 132 Å². The standard InChI is InChI=1S/C16H14ClNO4/c1-16-6-5-11(22-16)12-13(16)15(20)18(14(12)19)9-7-8(17)3-4-10(9)21-2/h3-7,11-13H,1-2H3/t11-,12-,13+,16-/m1/s1. The minimum absolute atomic E-state index is 0.256. The number of amides is 2. The Balaban J connectivity index is 1.82. The van der Waals surface area contributed by atoms with Crippen molar-refractivity contribution in [3.05, 3.63) is 35.4 Å². The normalized spacial score (nSPS) is 35.4. The molecule has 0 saturated carbocycles. The minimum atomic E-state index is -0.706. The van der Waals surface area contributed by atoms with Crippen LogP contribution in [0.5, 0.6) is 5.75 Å². The van der Waals surface area contributed by atoms with E-state index in [1.54, 1.807) is 18.2 Å². The van der Waals surface area contributed by atoms with Gasteiger partial charge in [-0.2, -0.15) is 0 Å². The smallest absolute Gasteiger partial charge is 0.241 e. The number of anilines is 1. The third-order valence-electron chi connectivity index (χ3n) is 4.71. The molecule has 0 spiro atoms. The molecular formula is C16H14ClNO4. The zero-order valence-electron chi connectivity index (χ0n) is 12.1. The second kappa shape index (κ2) is 4.33. The monoisotopic (exact) mass is 319 g/mol. The summed E-state index contributed by atoms with van der Waals surface area (Å²) in [6.07, 6.45) is 3.41. The van der Waals surface area contributed by atoms with Crippen molar-refractivity contribution in [1.29, 1.82) is 0 Å². The average molecular weight is 320 g/mol. The number of carbonyl (C=O) groups excluding carboxylic acids is 2. The molecule has 2 bridgehead atoms. The third kappa shape index (κ3) is 1.58. The Kier molecular flexibility index (Phi) is 2.72. The third-order valence-corrected chi connectivity index (χ3v) is 4.95. The Bertz CT molecular complexity index is 731. The molecule has 114 valence electrons. The van der Waals surface area contributed by atoms with E-state index in [9.17, 15) is 9.59 Å². The van der Waals surface area contributed by atoms with Gasteiger partial charge in [0.05, 0.1) is 36.3 Å². The minimum Gasteiger partial charge on any atom is -0.495 e. The Morgan fingerprint density at radius 1 is 1.32 bits per heavy atom. The lowest BCUT2D eigenvalue weighted by Crippen LogP contribution is -2.38. The van der Waals surface area contributed by atoms with Gasteiger partial charge in [0.1, 0.15) is 5.75 Å². The fourth-order valence-electron chi connectivity index (χ4n) is 3.73. The van der Waals surface area contributed by atoms with Crippen LogP contribution >= 0.6 is 11.6 Å². The number of benzene rings is 1. The maximum absolute atomic E-state index is 12.9. The van der Waals surface area contributed by atoms with Gasteiger partial charge in [0, 0.05) is 5.02 Å². The Hall–Kier alpha value is -1.85. The molecule has 3 heterocycles. The quantitative estimate of drug-likeness (QED) is 0.619. The predicted octanol–water partition coefficient (Wildman–Crippen LogP) is 2.18. The zero-order valence-corrected chi connectivity index (χ0v) is 12.8. The first kappa shape index (κ1) is 13.8. The zero-order chi connectivity index (χ0) is 15.6. The molecule has 1 aromatic carbocycles. The molecule has 22 heavy (non-hydrogen) atoms. The summed E-state index contributed by atoms with van der Waals surface area (Å²) < 4.78 is 11.1. The molecule has 0 aromatic heterocycles. The topological polar surface area (TPSA) is 55.8 Å². The van der Waals surface area contributed by atoms with Crippen molar-refractivity contribution in [1.82, 2.24) is 0 Å². The van der Waals surface area contributed by atoms with E-state index in [4.69, 9.17) is 21.1 Å². The lowest BCUT2D eigenvalue weighted by atomic mass is 9.78. The number of halogens is 1. The van der Waals surface area contributed by atoms with E-state index >= 15 is 0 Å². The summed E-state index contributed by atoms with van der Waals surface area (Å²) in [4.78, 5) is 26.9. The summed E-state index contributed by atoms with van der Waals surface area (Å²) in [7, 11) is 1.49. The molecule has 4 rings (SSSR count). The largest absolute Gasteiger partial charge is 0.495 e. The van der Waals surface area contributed by atoms with Gasteiger partial charge in [-0.15, -0.1) is 0 Å². The summed E-state index contributed by atoms with van der Waals surface area (Å²) in [5.74, 6) is -1.03. The highest BCUT2D eigenvalue weighted by Gasteiger charge is 2.66. The molecule has 1 aromatic rings. The van der Waals surface area contributed by atoms with Crippen LogP contribution in [0.4, 0.5) is 5.69 Å². The molecule has 0 N–H and O–H groups in total. The molecule has 3 aliphatic rings. The van der Waals surface area contributed by atoms with E-state index in [1.807, 2.05) is 19.1 Å². The van der Waals surface area contributed by atoms with Crippen molar-refractivity contribution in [2.24, 2.45) is 11.8 Å². The van der Waals surface area contributed by atoms with Gasteiger partial charge in [-0.05, 0) is 25.1 Å². The lowest BCUT2D eigenvalue weighted by molar-refractivity contribution is -0.126. The summed E-state index contributed by atoms with van der Waals surface area (Å²) in [5.41, 5.74) is -0.315. The maximum atomic E-state index is 12.9. The van der Waals surface area contributed by atoms with Crippen molar-refractivity contribution in [2.75, 3.05) is 12.0 Å². The summed E-state index contributed by atoms with van der Waals surface area (Å²) in [6.45, 7) is 1.85. The van der Waals surface area contributed by atoms with Crippen LogP contribution in [0.3, 0.4) is 0 Å². The fourth-order valence-corrected chi connectivity index (χ4v) is 3.89. The van der Waals surface area contributed by atoms with Crippen LogP contribution in [0, 0.1) is 11.8 Å². The summed E-state index contributed by atoms with van der Waals surface area (Å²) >= 11 is 6.02. The van der Waals surface area contributed by atoms with Crippen LogP contribution in [0.1, 0.15) is 6.92 Å². The number of hydrogen-bond acceptors (Lipinski definition) is 4. The van der Waals surface area contributed by atoms with Crippen molar-refractivity contribution in [3.8, 4) is 5.75 Å². The number of fused-ring (bicyclic) bond motifs is 5. The van der Waals surface area contributed by atoms with Gasteiger partial charge in [-0.1, -0.05) is 23.8 Å². The Morgan fingerprint density at radius 2 is 2.09 bits per heavy atom. The molecule has 2 amide bonds. The molecule has 2 saturated heterocycles. The van der Waals surface area contributed by atoms with Gasteiger partial charge in [-0.25, -0.2) is 4.90 Å². The van der Waals surface area contributed by atoms with Gasteiger partial charge in [0.15, 0.2) is 0 Å². The van der Waals surface area contributed by atoms with Gasteiger partial charge >= 0.3 is 0 Å². The number of ether oxygens (including phenoxy) is 2. The molecule has 2 fully saturated rings. The molecular weight excluding hydrogens is 306 g/mol. The van der Waals surface area contributed by atoms with Crippen molar-refractivity contribution in [2.45, 2.75) is 18.6 Å².